The molecule has 2 atom stereocenters. The van der Waals surface area contributed by atoms with Crippen molar-refractivity contribution in [1.82, 2.24) is 0 Å². The van der Waals surface area contributed by atoms with Crippen molar-refractivity contribution in [2.24, 2.45) is 0 Å². The standard InChI is InChI=1S/C16H18F2O4/c1-3-20-16(19)5-4-13-14(6-11(17)7-15(13)18)10(2)21-8-12-9-22-12/h4-7,10,12H,3,8-9H2,1-2H3/b5-4+/t10-,12?/m1/s1. The molecule has 1 heterocycles. The van der Waals surface area contributed by atoms with E-state index < -0.39 is 23.7 Å². The Kier molecular flexibility index (Phi) is 5.63. The maximum Gasteiger partial charge on any atom is 0.330 e. The van der Waals surface area contributed by atoms with Gasteiger partial charge in [-0.3, -0.25) is 0 Å². The first kappa shape index (κ1) is 16.6. The van der Waals surface area contributed by atoms with Crippen LogP contribution in [0.3, 0.4) is 0 Å². The minimum Gasteiger partial charge on any atom is -0.463 e. The van der Waals surface area contributed by atoms with Crippen LogP contribution in [0.4, 0.5) is 8.78 Å². The minimum atomic E-state index is -0.756. The average molecular weight is 312 g/mol. The fourth-order valence-corrected chi connectivity index (χ4v) is 1.96. The van der Waals surface area contributed by atoms with Crippen LogP contribution in [0.25, 0.3) is 6.08 Å². The summed E-state index contributed by atoms with van der Waals surface area (Å²) in [7, 11) is 0. The number of carbonyl (C=O) groups is 1. The molecule has 120 valence electrons. The van der Waals surface area contributed by atoms with E-state index in [-0.39, 0.29) is 18.3 Å². The van der Waals surface area contributed by atoms with Gasteiger partial charge in [-0.05, 0) is 31.6 Å². The Balaban J connectivity index is 2.20. The topological polar surface area (TPSA) is 48.1 Å². The zero-order chi connectivity index (χ0) is 16.1. The predicted octanol–water partition coefficient (Wildman–Crippen LogP) is 3.02. The average Bonchev–Trinajstić information content (AvgIpc) is 3.27. The highest BCUT2D eigenvalue weighted by atomic mass is 19.1. The number of hydrogen-bond donors (Lipinski definition) is 0. The Hall–Kier alpha value is -1.79. The summed E-state index contributed by atoms with van der Waals surface area (Å²) >= 11 is 0. The molecule has 6 heteroatoms. The van der Waals surface area contributed by atoms with Crippen molar-refractivity contribution in [3.05, 3.63) is 41.0 Å². The van der Waals surface area contributed by atoms with Gasteiger partial charge < -0.3 is 14.2 Å². The Bertz CT molecular complexity index is 568. The van der Waals surface area contributed by atoms with Gasteiger partial charge in [-0.25, -0.2) is 13.6 Å². The zero-order valence-corrected chi connectivity index (χ0v) is 12.5. The Morgan fingerprint density at radius 2 is 2.23 bits per heavy atom. The largest absolute Gasteiger partial charge is 0.463 e. The monoisotopic (exact) mass is 312 g/mol. The van der Waals surface area contributed by atoms with Gasteiger partial charge in [0.2, 0.25) is 0 Å². The Labute approximate surface area is 127 Å². The van der Waals surface area contributed by atoms with Crippen molar-refractivity contribution in [3.63, 3.8) is 0 Å². The number of esters is 1. The number of rotatable bonds is 7. The van der Waals surface area contributed by atoms with Gasteiger partial charge in [0.05, 0.1) is 25.9 Å². The van der Waals surface area contributed by atoms with E-state index in [0.717, 1.165) is 12.1 Å². The predicted molar refractivity (Wildman–Crippen MR) is 76.1 cm³/mol. The lowest BCUT2D eigenvalue weighted by Gasteiger charge is -2.16. The molecule has 2 rings (SSSR count). The molecule has 1 aliphatic rings. The van der Waals surface area contributed by atoms with Crippen LogP contribution in [0.1, 0.15) is 31.1 Å². The second kappa shape index (κ2) is 7.47. The summed E-state index contributed by atoms with van der Waals surface area (Å²) in [5.74, 6) is -2.04. The third-order valence-electron chi connectivity index (χ3n) is 3.17. The molecule has 0 spiro atoms. The van der Waals surface area contributed by atoms with E-state index in [1.165, 1.54) is 12.1 Å². The molecule has 0 amide bonds. The van der Waals surface area contributed by atoms with Gasteiger partial charge in [0, 0.05) is 17.7 Å². The molecule has 22 heavy (non-hydrogen) atoms. The Morgan fingerprint density at radius 3 is 2.86 bits per heavy atom. The zero-order valence-electron chi connectivity index (χ0n) is 12.5. The summed E-state index contributed by atoms with van der Waals surface area (Å²) < 4.78 is 42.8. The highest BCUT2D eigenvalue weighted by molar-refractivity contribution is 5.87. The van der Waals surface area contributed by atoms with Gasteiger partial charge >= 0.3 is 5.97 Å². The minimum absolute atomic E-state index is 0.0550. The van der Waals surface area contributed by atoms with E-state index >= 15 is 0 Å². The third kappa shape index (κ3) is 4.61. The van der Waals surface area contributed by atoms with Gasteiger partial charge in [0.15, 0.2) is 0 Å². The van der Waals surface area contributed by atoms with Crippen LogP contribution in [0.5, 0.6) is 0 Å². The van der Waals surface area contributed by atoms with E-state index in [1.54, 1.807) is 13.8 Å². The van der Waals surface area contributed by atoms with Crippen LogP contribution in [-0.2, 0) is 19.0 Å². The van der Waals surface area contributed by atoms with E-state index in [2.05, 4.69) is 0 Å². The van der Waals surface area contributed by atoms with Gasteiger partial charge in [0.1, 0.15) is 17.7 Å². The van der Waals surface area contributed by atoms with Crippen molar-refractivity contribution in [3.8, 4) is 0 Å². The summed E-state index contributed by atoms with van der Waals surface area (Å²) in [4.78, 5) is 11.3. The number of halogens is 2. The maximum absolute atomic E-state index is 14.0. The van der Waals surface area contributed by atoms with Crippen LogP contribution >= 0.6 is 0 Å². The van der Waals surface area contributed by atoms with Crippen LogP contribution in [0.2, 0.25) is 0 Å². The van der Waals surface area contributed by atoms with E-state index in [4.69, 9.17) is 14.2 Å². The Morgan fingerprint density at radius 1 is 1.50 bits per heavy atom. The van der Waals surface area contributed by atoms with E-state index in [0.29, 0.717) is 18.8 Å². The molecule has 0 aliphatic carbocycles. The lowest BCUT2D eigenvalue weighted by Crippen LogP contribution is -2.09. The SMILES string of the molecule is CCOC(=O)/C=C/c1c(F)cc(F)cc1[C@@H](C)OCC1CO1. The van der Waals surface area contributed by atoms with Crippen LogP contribution in [0, 0.1) is 11.6 Å². The normalized spacial score (nSPS) is 18.5. The molecule has 1 aromatic rings. The van der Waals surface area contributed by atoms with Gasteiger partial charge in [-0.15, -0.1) is 0 Å². The summed E-state index contributed by atoms with van der Waals surface area (Å²) in [5.41, 5.74) is 0.442. The quantitative estimate of drug-likeness (QED) is 0.441. The van der Waals surface area contributed by atoms with Gasteiger partial charge in [0.25, 0.3) is 0 Å². The summed E-state index contributed by atoms with van der Waals surface area (Å²) in [6, 6.07) is 1.97. The molecule has 0 radical (unpaired) electrons. The highest BCUT2D eigenvalue weighted by Crippen LogP contribution is 2.27. The van der Waals surface area contributed by atoms with Crippen LogP contribution < -0.4 is 0 Å². The number of hydrogen-bond acceptors (Lipinski definition) is 4. The molecule has 0 bridgehead atoms. The smallest absolute Gasteiger partial charge is 0.330 e. The maximum atomic E-state index is 14.0. The lowest BCUT2D eigenvalue weighted by molar-refractivity contribution is -0.137. The van der Waals surface area contributed by atoms with E-state index in [1.807, 2.05) is 0 Å². The molecule has 1 saturated heterocycles. The second-order valence-corrected chi connectivity index (χ2v) is 4.91. The molecular weight excluding hydrogens is 294 g/mol. The summed E-state index contributed by atoms with van der Waals surface area (Å²) in [5, 5.41) is 0. The first-order chi connectivity index (χ1) is 10.5. The second-order valence-electron chi connectivity index (χ2n) is 4.91. The number of ether oxygens (including phenoxy) is 3. The molecule has 1 fully saturated rings. The van der Waals surface area contributed by atoms with Crippen molar-refractivity contribution < 1.29 is 27.8 Å². The first-order valence-corrected chi connectivity index (χ1v) is 7.08. The van der Waals surface area contributed by atoms with Crippen LogP contribution in [-0.4, -0.2) is 31.9 Å². The lowest BCUT2D eigenvalue weighted by atomic mass is 10.0. The first-order valence-electron chi connectivity index (χ1n) is 7.08. The molecular formula is C16H18F2O4. The van der Waals surface area contributed by atoms with Crippen LogP contribution in [0.15, 0.2) is 18.2 Å². The molecule has 0 aromatic heterocycles. The molecule has 0 saturated carbocycles. The number of benzene rings is 1. The van der Waals surface area contributed by atoms with E-state index in [9.17, 15) is 13.6 Å². The number of carbonyl (C=O) groups excluding carboxylic acids is 1. The fraction of sp³-hybridized carbons (Fsp3) is 0.438. The molecule has 1 unspecified atom stereocenters. The number of epoxide rings is 1. The van der Waals surface area contributed by atoms with Crippen molar-refractivity contribution in [1.29, 1.82) is 0 Å². The molecule has 0 N–H and O–H groups in total. The molecule has 1 aromatic carbocycles. The third-order valence-corrected chi connectivity index (χ3v) is 3.17. The summed E-state index contributed by atoms with van der Waals surface area (Å²) in [6.07, 6.45) is 1.91. The van der Waals surface area contributed by atoms with Crippen molar-refractivity contribution in [2.45, 2.75) is 26.1 Å². The highest BCUT2D eigenvalue weighted by Gasteiger charge is 2.24. The molecule has 4 nitrogen and oxygen atoms in total. The van der Waals surface area contributed by atoms with Crippen molar-refractivity contribution >= 4 is 12.0 Å². The van der Waals surface area contributed by atoms with Crippen molar-refractivity contribution in [2.75, 3.05) is 19.8 Å². The van der Waals surface area contributed by atoms with Gasteiger partial charge in [-0.2, -0.15) is 0 Å². The summed E-state index contributed by atoms with van der Waals surface area (Å²) in [6.45, 7) is 4.59. The van der Waals surface area contributed by atoms with Gasteiger partial charge in [-0.1, -0.05) is 0 Å². The fourth-order valence-electron chi connectivity index (χ4n) is 1.96. The molecule has 1 aliphatic heterocycles.